The highest BCUT2D eigenvalue weighted by Crippen LogP contribution is 2.36. The van der Waals surface area contributed by atoms with E-state index in [1.807, 2.05) is 19.1 Å². The van der Waals surface area contributed by atoms with E-state index in [1.165, 1.54) is 6.26 Å². The van der Waals surface area contributed by atoms with E-state index in [-0.39, 0.29) is 11.5 Å². The molecule has 1 fully saturated rings. The lowest BCUT2D eigenvalue weighted by molar-refractivity contribution is -0.0665. The highest BCUT2D eigenvalue weighted by atomic mass is 32.2. The van der Waals surface area contributed by atoms with E-state index in [4.69, 9.17) is 10.5 Å². The third-order valence-corrected chi connectivity index (χ3v) is 4.49. The molecule has 1 aromatic rings. The Balaban J connectivity index is 2.28. The Labute approximate surface area is 108 Å². The number of nitrogens with two attached hydrogens (primary N) is 1. The quantitative estimate of drug-likeness (QED) is 0.888. The molecular formula is C13H19NO3S. The van der Waals surface area contributed by atoms with Gasteiger partial charge in [0.2, 0.25) is 0 Å². The molecule has 4 nitrogen and oxygen atoms in total. The second-order valence-electron chi connectivity index (χ2n) is 5.25. The SMILES string of the molecule is CC(N)CC1(c2ccc(S(C)(=O)=O)cc2)COC1. The Kier molecular flexibility index (Phi) is 3.49. The molecule has 0 aromatic heterocycles. The van der Waals surface area contributed by atoms with E-state index in [9.17, 15) is 8.42 Å². The van der Waals surface area contributed by atoms with Gasteiger partial charge < -0.3 is 10.5 Å². The summed E-state index contributed by atoms with van der Waals surface area (Å²) < 4.78 is 28.1. The number of hydrogen-bond acceptors (Lipinski definition) is 4. The number of sulfone groups is 1. The van der Waals surface area contributed by atoms with Crippen molar-refractivity contribution in [3.8, 4) is 0 Å². The molecular weight excluding hydrogens is 250 g/mol. The van der Waals surface area contributed by atoms with Gasteiger partial charge in [0.25, 0.3) is 0 Å². The van der Waals surface area contributed by atoms with Crippen molar-refractivity contribution in [1.82, 2.24) is 0 Å². The summed E-state index contributed by atoms with van der Waals surface area (Å²) in [5.41, 5.74) is 6.95. The molecule has 0 radical (unpaired) electrons. The second kappa shape index (κ2) is 4.64. The maximum absolute atomic E-state index is 11.4. The Bertz CT molecular complexity index is 516. The minimum Gasteiger partial charge on any atom is -0.379 e. The minimum atomic E-state index is -3.13. The second-order valence-corrected chi connectivity index (χ2v) is 7.27. The Hall–Kier alpha value is -0.910. The zero-order chi connectivity index (χ0) is 13.4. The summed E-state index contributed by atoms with van der Waals surface area (Å²) in [5, 5.41) is 0. The standard InChI is InChI=1S/C13H19NO3S/c1-10(14)7-13(8-17-9-13)11-3-5-12(6-4-11)18(2,15)16/h3-6,10H,7-9,14H2,1-2H3. The molecule has 1 aromatic carbocycles. The molecule has 0 saturated carbocycles. The molecule has 2 N–H and O–H groups in total. The fraction of sp³-hybridized carbons (Fsp3) is 0.538. The predicted molar refractivity (Wildman–Crippen MR) is 70.3 cm³/mol. The summed E-state index contributed by atoms with van der Waals surface area (Å²) in [5.74, 6) is 0. The fourth-order valence-electron chi connectivity index (χ4n) is 2.42. The molecule has 1 heterocycles. The van der Waals surface area contributed by atoms with E-state index in [2.05, 4.69) is 0 Å². The molecule has 5 heteroatoms. The van der Waals surface area contributed by atoms with Crippen LogP contribution in [-0.4, -0.2) is 33.9 Å². The van der Waals surface area contributed by atoms with Crippen LogP contribution in [0.2, 0.25) is 0 Å². The van der Waals surface area contributed by atoms with E-state index in [1.54, 1.807) is 12.1 Å². The smallest absolute Gasteiger partial charge is 0.175 e. The van der Waals surface area contributed by atoms with Crippen LogP contribution in [0.25, 0.3) is 0 Å². The Morgan fingerprint density at radius 2 is 1.89 bits per heavy atom. The van der Waals surface area contributed by atoms with Gasteiger partial charge in [-0.3, -0.25) is 0 Å². The molecule has 0 aliphatic carbocycles. The molecule has 1 saturated heterocycles. The van der Waals surface area contributed by atoms with Crippen molar-refractivity contribution in [2.45, 2.75) is 29.7 Å². The number of hydrogen-bond donors (Lipinski definition) is 1. The first-order valence-electron chi connectivity index (χ1n) is 5.97. The lowest BCUT2D eigenvalue weighted by Gasteiger charge is -2.43. The highest BCUT2D eigenvalue weighted by Gasteiger charge is 2.40. The van der Waals surface area contributed by atoms with Gasteiger partial charge in [-0.15, -0.1) is 0 Å². The van der Waals surface area contributed by atoms with E-state index >= 15 is 0 Å². The average molecular weight is 269 g/mol. The van der Waals surface area contributed by atoms with Crippen molar-refractivity contribution in [2.75, 3.05) is 19.5 Å². The highest BCUT2D eigenvalue weighted by molar-refractivity contribution is 7.90. The van der Waals surface area contributed by atoms with Gasteiger partial charge in [-0.25, -0.2) is 8.42 Å². The molecule has 0 spiro atoms. The van der Waals surface area contributed by atoms with Crippen LogP contribution in [0.4, 0.5) is 0 Å². The summed E-state index contributed by atoms with van der Waals surface area (Å²) >= 11 is 0. The maximum atomic E-state index is 11.4. The molecule has 1 aliphatic heterocycles. The molecule has 2 rings (SSSR count). The predicted octanol–water partition coefficient (Wildman–Crippen LogP) is 1.10. The third-order valence-electron chi connectivity index (χ3n) is 3.36. The minimum absolute atomic E-state index is 0.0375. The summed E-state index contributed by atoms with van der Waals surface area (Å²) in [7, 11) is -3.13. The average Bonchev–Trinajstić information content (AvgIpc) is 2.22. The summed E-state index contributed by atoms with van der Waals surface area (Å²) in [6, 6.07) is 7.17. The number of rotatable bonds is 4. The van der Waals surface area contributed by atoms with Crippen LogP contribution in [0.1, 0.15) is 18.9 Å². The molecule has 0 bridgehead atoms. The zero-order valence-corrected chi connectivity index (χ0v) is 11.5. The largest absolute Gasteiger partial charge is 0.379 e. The van der Waals surface area contributed by atoms with Gasteiger partial charge in [0.05, 0.1) is 18.1 Å². The first kappa shape index (κ1) is 13.5. The summed E-state index contributed by atoms with van der Waals surface area (Å²) in [6.45, 7) is 3.30. The van der Waals surface area contributed by atoms with Crippen molar-refractivity contribution < 1.29 is 13.2 Å². The van der Waals surface area contributed by atoms with Gasteiger partial charge in [0, 0.05) is 17.7 Å². The molecule has 1 aliphatic rings. The Morgan fingerprint density at radius 1 is 1.33 bits per heavy atom. The van der Waals surface area contributed by atoms with Gasteiger partial charge in [0.1, 0.15) is 0 Å². The first-order chi connectivity index (χ1) is 8.33. The first-order valence-corrected chi connectivity index (χ1v) is 7.87. The van der Waals surface area contributed by atoms with E-state index in [0.29, 0.717) is 18.1 Å². The van der Waals surface area contributed by atoms with Crippen LogP contribution in [0.5, 0.6) is 0 Å². The normalized spacial score (nSPS) is 20.2. The van der Waals surface area contributed by atoms with Gasteiger partial charge >= 0.3 is 0 Å². The van der Waals surface area contributed by atoms with Crippen LogP contribution >= 0.6 is 0 Å². The molecule has 100 valence electrons. The van der Waals surface area contributed by atoms with Crippen molar-refractivity contribution in [3.05, 3.63) is 29.8 Å². The molecule has 1 unspecified atom stereocenters. The van der Waals surface area contributed by atoms with Crippen molar-refractivity contribution in [1.29, 1.82) is 0 Å². The topological polar surface area (TPSA) is 69.4 Å². The van der Waals surface area contributed by atoms with Crippen molar-refractivity contribution in [3.63, 3.8) is 0 Å². The maximum Gasteiger partial charge on any atom is 0.175 e. The summed E-state index contributed by atoms with van der Waals surface area (Å²) in [6.07, 6.45) is 2.07. The van der Waals surface area contributed by atoms with Crippen molar-refractivity contribution in [2.24, 2.45) is 5.73 Å². The van der Waals surface area contributed by atoms with Gasteiger partial charge in [-0.1, -0.05) is 12.1 Å². The van der Waals surface area contributed by atoms with Crippen LogP contribution in [0, 0.1) is 0 Å². The van der Waals surface area contributed by atoms with Gasteiger partial charge in [-0.2, -0.15) is 0 Å². The number of benzene rings is 1. The van der Waals surface area contributed by atoms with Crippen LogP contribution in [0.15, 0.2) is 29.2 Å². The molecule has 18 heavy (non-hydrogen) atoms. The van der Waals surface area contributed by atoms with E-state index in [0.717, 1.165) is 12.0 Å². The molecule has 0 amide bonds. The van der Waals surface area contributed by atoms with Crippen LogP contribution < -0.4 is 5.73 Å². The fourth-order valence-corrected chi connectivity index (χ4v) is 3.05. The van der Waals surface area contributed by atoms with E-state index < -0.39 is 9.84 Å². The van der Waals surface area contributed by atoms with Crippen LogP contribution in [0.3, 0.4) is 0 Å². The Morgan fingerprint density at radius 3 is 2.22 bits per heavy atom. The monoisotopic (exact) mass is 269 g/mol. The summed E-state index contributed by atoms with van der Waals surface area (Å²) in [4.78, 5) is 0.349. The number of ether oxygens (including phenoxy) is 1. The van der Waals surface area contributed by atoms with Crippen molar-refractivity contribution >= 4 is 9.84 Å². The van der Waals surface area contributed by atoms with Gasteiger partial charge in [0.15, 0.2) is 9.84 Å². The molecule has 1 atom stereocenters. The third kappa shape index (κ3) is 2.58. The lowest BCUT2D eigenvalue weighted by Crippen LogP contribution is -2.49. The zero-order valence-electron chi connectivity index (χ0n) is 10.7. The lowest BCUT2D eigenvalue weighted by atomic mass is 9.74. The van der Waals surface area contributed by atoms with Crippen LogP contribution in [-0.2, 0) is 20.0 Å². The van der Waals surface area contributed by atoms with Gasteiger partial charge in [-0.05, 0) is 31.0 Å².